The molecule has 0 fully saturated rings. The molecule has 20 heavy (non-hydrogen) atoms. The molecule has 1 unspecified atom stereocenters. The lowest BCUT2D eigenvalue weighted by atomic mass is 10.0. The van der Waals surface area contributed by atoms with Gasteiger partial charge in [-0.3, -0.25) is 0 Å². The van der Waals surface area contributed by atoms with Crippen LogP contribution in [0, 0.1) is 6.92 Å². The molecular formula is C15H21N3O2. The largest absolute Gasteiger partial charge is 0.390 e. The van der Waals surface area contributed by atoms with Gasteiger partial charge in [-0.05, 0) is 19.4 Å². The highest BCUT2D eigenvalue weighted by Crippen LogP contribution is 2.17. The Balaban J connectivity index is 1.88. The molecule has 108 valence electrons. The van der Waals surface area contributed by atoms with Crippen molar-refractivity contribution in [1.29, 1.82) is 0 Å². The van der Waals surface area contributed by atoms with E-state index >= 15 is 0 Å². The molecule has 0 saturated heterocycles. The van der Waals surface area contributed by atoms with Gasteiger partial charge in [0.15, 0.2) is 6.10 Å². The van der Waals surface area contributed by atoms with E-state index in [1.54, 1.807) is 11.9 Å². The Labute approximate surface area is 119 Å². The average Bonchev–Trinajstić information content (AvgIpc) is 2.88. The zero-order valence-electron chi connectivity index (χ0n) is 12.2. The third-order valence-electron chi connectivity index (χ3n) is 3.27. The third-order valence-corrected chi connectivity index (χ3v) is 3.27. The van der Waals surface area contributed by atoms with E-state index in [1.165, 1.54) is 5.56 Å². The maximum atomic E-state index is 11.6. The van der Waals surface area contributed by atoms with Gasteiger partial charge in [0.2, 0.25) is 0 Å². The van der Waals surface area contributed by atoms with Crippen LogP contribution in [-0.4, -0.2) is 42.9 Å². The zero-order chi connectivity index (χ0) is 14.5. The second-order valence-corrected chi connectivity index (χ2v) is 5.05. The van der Waals surface area contributed by atoms with Crippen molar-refractivity contribution < 1.29 is 9.63 Å². The van der Waals surface area contributed by atoms with Crippen molar-refractivity contribution in [1.82, 2.24) is 10.2 Å². The molecule has 1 aliphatic rings. The van der Waals surface area contributed by atoms with Gasteiger partial charge >= 0.3 is 6.03 Å². The topological polar surface area (TPSA) is 53.9 Å². The van der Waals surface area contributed by atoms with E-state index in [0.29, 0.717) is 13.1 Å². The lowest BCUT2D eigenvalue weighted by Crippen LogP contribution is -2.41. The second kappa shape index (κ2) is 6.41. The molecule has 1 atom stereocenters. The highest BCUT2D eigenvalue weighted by molar-refractivity contribution is 6.01. The smallest absolute Gasteiger partial charge is 0.317 e. The molecule has 1 N–H and O–H groups in total. The summed E-state index contributed by atoms with van der Waals surface area (Å²) in [6.07, 6.45) is 0.659. The summed E-state index contributed by atoms with van der Waals surface area (Å²) in [6.45, 7) is 5.11. The molecule has 0 aromatic heterocycles. The number of nitrogens with one attached hydrogen (secondary N) is 1. The monoisotopic (exact) mass is 275 g/mol. The first kappa shape index (κ1) is 14.4. The standard InChI is InChI=1S/C15H21N3O2/c1-4-16-15(19)18(3)10-13-9-14(17-20-13)12-7-5-11(2)6-8-12/h5-8,13H,4,9-10H2,1-3H3,(H,16,19). The van der Waals surface area contributed by atoms with Gasteiger partial charge in [0.1, 0.15) is 0 Å². The number of urea groups is 1. The molecule has 2 rings (SSSR count). The van der Waals surface area contributed by atoms with Crippen molar-refractivity contribution in [3.63, 3.8) is 0 Å². The Hall–Kier alpha value is -2.04. The number of benzene rings is 1. The van der Waals surface area contributed by atoms with Gasteiger partial charge < -0.3 is 15.1 Å². The van der Waals surface area contributed by atoms with E-state index in [9.17, 15) is 4.79 Å². The third kappa shape index (κ3) is 3.50. The molecule has 0 radical (unpaired) electrons. The highest BCUT2D eigenvalue weighted by atomic mass is 16.6. The minimum atomic E-state index is -0.0834. The Morgan fingerprint density at radius 1 is 1.45 bits per heavy atom. The molecule has 0 aliphatic carbocycles. The van der Waals surface area contributed by atoms with E-state index in [2.05, 4.69) is 29.5 Å². The molecule has 2 amide bonds. The summed E-state index contributed by atoms with van der Waals surface area (Å²) in [6, 6.07) is 8.14. The van der Waals surface area contributed by atoms with Crippen LogP contribution < -0.4 is 5.32 Å². The van der Waals surface area contributed by atoms with E-state index in [0.717, 1.165) is 17.7 Å². The fourth-order valence-electron chi connectivity index (χ4n) is 2.12. The first-order valence-corrected chi connectivity index (χ1v) is 6.89. The number of nitrogens with zero attached hydrogens (tertiary/aromatic N) is 2. The molecule has 0 bridgehead atoms. The number of carbonyl (C=O) groups excluding carboxylic acids is 1. The summed E-state index contributed by atoms with van der Waals surface area (Å²) >= 11 is 0. The van der Waals surface area contributed by atoms with Crippen LogP contribution in [0.3, 0.4) is 0 Å². The summed E-state index contributed by atoms with van der Waals surface area (Å²) in [5.74, 6) is 0. The van der Waals surface area contributed by atoms with Crippen molar-refractivity contribution in [2.24, 2.45) is 5.16 Å². The van der Waals surface area contributed by atoms with E-state index < -0.39 is 0 Å². The minimum Gasteiger partial charge on any atom is -0.390 e. The molecule has 1 aromatic carbocycles. The predicted octanol–water partition coefficient (Wildman–Crippen LogP) is 2.15. The lowest BCUT2D eigenvalue weighted by molar-refractivity contribution is 0.0657. The summed E-state index contributed by atoms with van der Waals surface area (Å²) in [7, 11) is 1.76. The fraction of sp³-hybridized carbons (Fsp3) is 0.467. The molecule has 5 heteroatoms. The minimum absolute atomic E-state index is 0.0705. The van der Waals surface area contributed by atoms with Gasteiger partial charge in [-0.1, -0.05) is 35.0 Å². The van der Waals surface area contributed by atoms with E-state index in [1.807, 2.05) is 19.1 Å². The molecule has 0 saturated carbocycles. The Morgan fingerprint density at radius 2 is 2.15 bits per heavy atom. The molecule has 0 spiro atoms. The quantitative estimate of drug-likeness (QED) is 0.915. The Bertz CT molecular complexity index is 496. The van der Waals surface area contributed by atoms with Crippen molar-refractivity contribution >= 4 is 11.7 Å². The maximum absolute atomic E-state index is 11.6. The summed E-state index contributed by atoms with van der Waals surface area (Å²) in [5, 5.41) is 6.90. The average molecular weight is 275 g/mol. The number of amides is 2. The first-order valence-electron chi connectivity index (χ1n) is 6.89. The van der Waals surface area contributed by atoms with Crippen molar-refractivity contribution in [3.05, 3.63) is 35.4 Å². The van der Waals surface area contributed by atoms with Crippen LogP contribution in [0.4, 0.5) is 4.79 Å². The number of aryl methyl sites for hydroxylation is 1. The van der Waals surface area contributed by atoms with Crippen LogP contribution in [0.25, 0.3) is 0 Å². The summed E-state index contributed by atoms with van der Waals surface area (Å²) in [4.78, 5) is 18.7. The van der Waals surface area contributed by atoms with Gasteiger partial charge in [0.05, 0.1) is 12.3 Å². The molecular weight excluding hydrogens is 254 g/mol. The number of likely N-dealkylation sites (N-methyl/N-ethyl adjacent to an activating group) is 1. The normalized spacial score (nSPS) is 17.4. The maximum Gasteiger partial charge on any atom is 0.317 e. The van der Waals surface area contributed by atoms with Crippen LogP contribution >= 0.6 is 0 Å². The van der Waals surface area contributed by atoms with Gasteiger partial charge in [-0.25, -0.2) is 4.79 Å². The number of carbonyl (C=O) groups is 1. The SMILES string of the molecule is CCNC(=O)N(C)CC1CC(c2ccc(C)cc2)=NO1. The van der Waals surface area contributed by atoms with Gasteiger partial charge in [0.25, 0.3) is 0 Å². The zero-order valence-corrected chi connectivity index (χ0v) is 12.2. The lowest BCUT2D eigenvalue weighted by Gasteiger charge is -2.19. The highest BCUT2D eigenvalue weighted by Gasteiger charge is 2.24. The number of oxime groups is 1. The van der Waals surface area contributed by atoms with Crippen LogP contribution in [-0.2, 0) is 4.84 Å². The molecule has 5 nitrogen and oxygen atoms in total. The van der Waals surface area contributed by atoms with Crippen LogP contribution in [0.5, 0.6) is 0 Å². The van der Waals surface area contributed by atoms with E-state index in [-0.39, 0.29) is 12.1 Å². The Morgan fingerprint density at radius 3 is 2.80 bits per heavy atom. The first-order chi connectivity index (χ1) is 9.60. The van der Waals surface area contributed by atoms with Crippen molar-refractivity contribution in [2.45, 2.75) is 26.4 Å². The predicted molar refractivity (Wildman–Crippen MR) is 78.9 cm³/mol. The van der Waals surface area contributed by atoms with Crippen LogP contribution in [0.1, 0.15) is 24.5 Å². The molecule has 1 heterocycles. The fourth-order valence-corrected chi connectivity index (χ4v) is 2.12. The van der Waals surface area contributed by atoms with Gasteiger partial charge in [0, 0.05) is 20.0 Å². The van der Waals surface area contributed by atoms with Gasteiger partial charge in [-0.2, -0.15) is 0 Å². The van der Waals surface area contributed by atoms with Crippen LogP contribution in [0.15, 0.2) is 29.4 Å². The summed E-state index contributed by atoms with van der Waals surface area (Å²) in [5.41, 5.74) is 3.25. The molecule has 1 aromatic rings. The number of rotatable bonds is 4. The number of hydrogen-bond acceptors (Lipinski definition) is 3. The number of hydrogen-bond donors (Lipinski definition) is 1. The van der Waals surface area contributed by atoms with Crippen molar-refractivity contribution in [3.8, 4) is 0 Å². The second-order valence-electron chi connectivity index (χ2n) is 5.05. The van der Waals surface area contributed by atoms with Crippen molar-refractivity contribution in [2.75, 3.05) is 20.1 Å². The van der Waals surface area contributed by atoms with E-state index in [4.69, 9.17) is 4.84 Å². The molecule has 1 aliphatic heterocycles. The van der Waals surface area contributed by atoms with Gasteiger partial charge in [-0.15, -0.1) is 0 Å². The summed E-state index contributed by atoms with van der Waals surface area (Å²) < 4.78 is 0. The van der Waals surface area contributed by atoms with Crippen LogP contribution in [0.2, 0.25) is 0 Å². The Kier molecular flexibility index (Phi) is 4.61.